The number of nitrogens with one attached hydrogen (secondary N) is 1. The number of halogens is 1. The highest BCUT2D eigenvalue weighted by Crippen LogP contribution is 2.30. The molecule has 1 aromatic heterocycles. The van der Waals surface area contributed by atoms with Crippen LogP contribution in [0.15, 0.2) is 20.1 Å². The standard InChI is InChI=1S/C12H17BrN2O2S2/c13-11-4-5-12(18-11)19(16,17)14-9-6-8-15-7-2-1-3-10(9)15/h4-5,9-10,14H,1-3,6-8H2. The predicted octanol–water partition coefficient (Wildman–Crippen LogP) is 2.42. The van der Waals surface area contributed by atoms with Crippen molar-refractivity contribution in [3.63, 3.8) is 0 Å². The van der Waals surface area contributed by atoms with Crippen LogP contribution >= 0.6 is 27.3 Å². The molecule has 3 rings (SSSR count). The molecule has 2 saturated heterocycles. The second-order valence-corrected chi connectivity index (χ2v) is 9.58. The summed E-state index contributed by atoms with van der Waals surface area (Å²) in [5.74, 6) is 0. The van der Waals surface area contributed by atoms with Gasteiger partial charge in [0.25, 0.3) is 0 Å². The van der Waals surface area contributed by atoms with Crippen molar-refractivity contribution in [2.75, 3.05) is 13.1 Å². The van der Waals surface area contributed by atoms with Gasteiger partial charge in [-0.1, -0.05) is 6.42 Å². The van der Waals surface area contributed by atoms with E-state index in [0.29, 0.717) is 10.3 Å². The Hall–Kier alpha value is 0.0500. The van der Waals surface area contributed by atoms with Crippen LogP contribution in [-0.4, -0.2) is 38.5 Å². The number of rotatable bonds is 3. The number of nitrogens with zero attached hydrogens (tertiary/aromatic N) is 1. The SMILES string of the molecule is O=S(=O)(NC1CCN2CCCCC12)c1ccc(Br)s1. The molecule has 0 bridgehead atoms. The van der Waals surface area contributed by atoms with E-state index in [9.17, 15) is 8.42 Å². The molecular formula is C12H17BrN2O2S2. The third-order valence-electron chi connectivity index (χ3n) is 3.98. The van der Waals surface area contributed by atoms with Crippen LogP contribution in [-0.2, 0) is 10.0 Å². The highest BCUT2D eigenvalue weighted by molar-refractivity contribution is 9.11. The molecule has 19 heavy (non-hydrogen) atoms. The topological polar surface area (TPSA) is 49.4 Å². The van der Waals surface area contributed by atoms with Crippen molar-refractivity contribution in [1.29, 1.82) is 0 Å². The molecular weight excluding hydrogens is 348 g/mol. The van der Waals surface area contributed by atoms with Crippen LogP contribution < -0.4 is 4.72 Å². The maximum Gasteiger partial charge on any atom is 0.250 e. The van der Waals surface area contributed by atoms with Gasteiger partial charge in [0.05, 0.1) is 3.79 Å². The van der Waals surface area contributed by atoms with Crippen molar-refractivity contribution < 1.29 is 8.42 Å². The van der Waals surface area contributed by atoms with Crippen molar-refractivity contribution in [2.24, 2.45) is 0 Å². The molecule has 3 heterocycles. The maximum atomic E-state index is 12.3. The largest absolute Gasteiger partial charge is 0.299 e. The van der Waals surface area contributed by atoms with Gasteiger partial charge >= 0.3 is 0 Å². The zero-order chi connectivity index (χ0) is 13.5. The van der Waals surface area contributed by atoms with Crippen molar-refractivity contribution in [3.8, 4) is 0 Å². The van der Waals surface area contributed by atoms with E-state index in [1.54, 1.807) is 12.1 Å². The summed E-state index contributed by atoms with van der Waals surface area (Å²) in [4.78, 5) is 2.43. The molecule has 0 aliphatic carbocycles. The molecule has 0 saturated carbocycles. The van der Waals surface area contributed by atoms with Gasteiger partial charge in [-0.15, -0.1) is 11.3 Å². The minimum absolute atomic E-state index is 0.0752. The van der Waals surface area contributed by atoms with E-state index >= 15 is 0 Å². The molecule has 4 nitrogen and oxygen atoms in total. The van der Waals surface area contributed by atoms with Crippen LogP contribution in [0.3, 0.4) is 0 Å². The summed E-state index contributed by atoms with van der Waals surface area (Å²) in [6.07, 6.45) is 4.50. The Kier molecular flexibility index (Phi) is 4.01. The molecule has 2 fully saturated rings. The summed E-state index contributed by atoms with van der Waals surface area (Å²) in [5.41, 5.74) is 0. The number of fused-ring (bicyclic) bond motifs is 1. The van der Waals surface area contributed by atoms with Gasteiger partial charge in [-0.25, -0.2) is 13.1 Å². The molecule has 7 heteroatoms. The molecule has 1 N–H and O–H groups in total. The number of thiophene rings is 1. The summed E-state index contributed by atoms with van der Waals surface area (Å²) < 4.78 is 28.8. The van der Waals surface area contributed by atoms with Crippen LogP contribution in [0.2, 0.25) is 0 Å². The first-order valence-corrected chi connectivity index (χ1v) is 9.67. The van der Waals surface area contributed by atoms with Crippen LogP contribution in [0.5, 0.6) is 0 Å². The summed E-state index contributed by atoms with van der Waals surface area (Å²) >= 11 is 4.57. The average molecular weight is 365 g/mol. The lowest BCUT2D eigenvalue weighted by atomic mass is 10.00. The van der Waals surface area contributed by atoms with E-state index in [2.05, 4.69) is 25.6 Å². The van der Waals surface area contributed by atoms with Gasteiger partial charge in [0.2, 0.25) is 10.0 Å². The first-order valence-electron chi connectivity index (χ1n) is 6.58. The molecule has 106 valence electrons. The second-order valence-electron chi connectivity index (χ2n) is 5.17. The molecule has 0 amide bonds. The first-order chi connectivity index (χ1) is 9.06. The normalized spacial score (nSPS) is 28.5. The highest BCUT2D eigenvalue weighted by Gasteiger charge is 2.37. The van der Waals surface area contributed by atoms with Gasteiger partial charge in [-0.3, -0.25) is 4.90 Å². The van der Waals surface area contributed by atoms with Gasteiger partial charge in [-0.05, 0) is 53.9 Å². The highest BCUT2D eigenvalue weighted by atomic mass is 79.9. The Labute approximate surface area is 126 Å². The quantitative estimate of drug-likeness (QED) is 0.895. The zero-order valence-corrected chi connectivity index (χ0v) is 13.7. The molecule has 0 spiro atoms. The molecule has 2 aliphatic rings. The Balaban J connectivity index is 1.74. The van der Waals surface area contributed by atoms with Crippen molar-refractivity contribution >= 4 is 37.3 Å². The summed E-state index contributed by atoms with van der Waals surface area (Å²) in [6.45, 7) is 2.14. The van der Waals surface area contributed by atoms with Gasteiger partial charge in [0.15, 0.2) is 0 Å². The Morgan fingerprint density at radius 3 is 2.84 bits per heavy atom. The first kappa shape index (κ1) is 14.0. The van der Waals surface area contributed by atoms with Crippen LogP contribution in [0.4, 0.5) is 0 Å². The van der Waals surface area contributed by atoms with Gasteiger partial charge in [0, 0.05) is 18.6 Å². The molecule has 2 unspecified atom stereocenters. The molecule has 0 aromatic carbocycles. The minimum Gasteiger partial charge on any atom is -0.299 e. The van der Waals surface area contributed by atoms with E-state index in [4.69, 9.17) is 0 Å². The van der Waals surface area contributed by atoms with E-state index in [0.717, 1.165) is 29.7 Å². The van der Waals surface area contributed by atoms with Crippen molar-refractivity contribution in [3.05, 3.63) is 15.9 Å². The lowest BCUT2D eigenvalue weighted by molar-refractivity contribution is 0.186. The van der Waals surface area contributed by atoms with E-state index in [-0.39, 0.29) is 6.04 Å². The number of sulfonamides is 1. The number of hydrogen-bond acceptors (Lipinski definition) is 4. The van der Waals surface area contributed by atoms with E-state index in [1.807, 2.05) is 0 Å². The lowest BCUT2D eigenvalue weighted by Gasteiger charge is -2.32. The fourth-order valence-corrected chi connectivity index (χ4v) is 6.41. The third-order valence-corrected chi connectivity index (χ3v) is 7.58. The number of hydrogen-bond donors (Lipinski definition) is 1. The fraction of sp³-hybridized carbons (Fsp3) is 0.667. The number of piperidine rings is 1. The van der Waals surface area contributed by atoms with E-state index in [1.165, 1.54) is 24.2 Å². The van der Waals surface area contributed by atoms with Crippen LogP contribution in [0.25, 0.3) is 0 Å². The van der Waals surface area contributed by atoms with Gasteiger partial charge in [0.1, 0.15) is 4.21 Å². The molecule has 2 aliphatic heterocycles. The molecule has 1 aromatic rings. The Morgan fingerprint density at radius 1 is 1.26 bits per heavy atom. The lowest BCUT2D eigenvalue weighted by Crippen LogP contribution is -2.46. The Morgan fingerprint density at radius 2 is 2.11 bits per heavy atom. The zero-order valence-electron chi connectivity index (χ0n) is 10.5. The van der Waals surface area contributed by atoms with E-state index < -0.39 is 10.0 Å². The van der Waals surface area contributed by atoms with Gasteiger partial charge < -0.3 is 0 Å². The summed E-state index contributed by atoms with van der Waals surface area (Å²) in [6, 6.07) is 3.91. The maximum absolute atomic E-state index is 12.3. The second kappa shape index (κ2) is 5.44. The van der Waals surface area contributed by atoms with Crippen molar-refractivity contribution in [2.45, 2.75) is 42.0 Å². The van der Waals surface area contributed by atoms with Crippen LogP contribution in [0, 0.1) is 0 Å². The van der Waals surface area contributed by atoms with Gasteiger partial charge in [-0.2, -0.15) is 0 Å². The van der Waals surface area contributed by atoms with Crippen LogP contribution in [0.1, 0.15) is 25.7 Å². The Bertz CT molecular complexity index is 558. The molecule has 0 radical (unpaired) electrons. The average Bonchev–Trinajstić information content (AvgIpc) is 2.97. The fourth-order valence-electron chi connectivity index (χ4n) is 3.08. The van der Waals surface area contributed by atoms with Crippen molar-refractivity contribution in [1.82, 2.24) is 9.62 Å². The smallest absolute Gasteiger partial charge is 0.250 e. The summed E-state index contributed by atoms with van der Waals surface area (Å²) in [5, 5.41) is 0. The predicted molar refractivity (Wildman–Crippen MR) is 80.0 cm³/mol. The minimum atomic E-state index is -3.36. The third kappa shape index (κ3) is 2.90. The molecule has 2 atom stereocenters. The monoisotopic (exact) mass is 364 g/mol. The summed E-state index contributed by atoms with van der Waals surface area (Å²) in [7, 11) is -3.36.